The molecule has 0 bridgehead atoms. The maximum Gasteiger partial charge on any atom is 0.253 e. The van der Waals surface area contributed by atoms with E-state index in [-0.39, 0.29) is 12.0 Å². The molecule has 2 aromatic heterocycles. The fourth-order valence-electron chi connectivity index (χ4n) is 4.11. The van der Waals surface area contributed by atoms with Crippen LogP contribution in [0.2, 0.25) is 0 Å². The van der Waals surface area contributed by atoms with Crippen molar-refractivity contribution < 1.29 is 9.53 Å². The van der Waals surface area contributed by atoms with Gasteiger partial charge in [-0.05, 0) is 38.1 Å². The van der Waals surface area contributed by atoms with Crippen molar-refractivity contribution in [3.63, 3.8) is 0 Å². The molecule has 4 heterocycles. The van der Waals surface area contributed by atoms with E-state index in [1.54, 1.807) is 6.33 Å². The standard InChI is InChI=1S/C20H24N6O2/c1-24-6-8-25(9-7-24)20(27)14-4-5-17-16(11-14)18-19(23-22-17)21-13-26(18)12-15-3-2-10-28-15/h4-5,11,13,15H,2-3,6-10,12H2,1H3. The first-order chi connectivity index (χ1) is 13.7. The van der Waals surface area contributed by atoms with E-state index in [4.69, 9.17) is 4.74 Å². The topological polar surface area (TPSA) is 76.4 Å². The smallest absolute Gasteiger partial charge is 0.253 e. The molecule has 2 saturated heterocycles. The van der Waals surface area contributed by atoms with Gasteiger partial charge in [0.25, 0.3) is 5.91 Å². The molecule has 2 fully saturated rings. The summed E-state index contributed by atoms with van der Waals surface area (Å²) in [5, 5.41) is 9.46. The minimum atomic E-state index is 0.0742. The monoisotopic (exact) mass is 380 g/mol. The largest absolute Gasteiger partial charge is 0.376 e. The molecular weight excluding hydrogens is 356 g/mol. The summed E-state index contributed by atoms with van der Waals surface area (Å²) in [5.74, 6) is 0.0742. The molecule has 2 aliphatic rings. The van der Waals surface area contributed by atoms with Gasteiger partial charge in [-0.1, -0.05) is 0 Å². The van der Waals surface area contributed by atoms with Crippen LogP contribution in [0.15, 0.2) is 24.5 Å². The van der Waals surface area contributed by atoms with Gasteiger partial charge in [0, 0.05) is 43.7 Å². The van der Waals surface area contributed by atoms with Crippen LogP contribution in [0, 0.1) is 0 Å². The van der Waals surface area contributed by atoms with Crippen LogP contribution in [0.5, 0.6) is 0 Å². The normalized spacial score (nSPS) is 21.0. The van der Waals surface area contributed by atoms with Gasteiger partial charge in [0.15, 0.2) is 0 Å². The first-order valence-corrected chi connectivity index (χ1v) is 9.90. The number of hydrogen-bond donors (Lipinski definition) is 0. The van der Waals surface area contributed by atoms with E-state index in [1.807, 2.05) is 23.1 Å². The number of hydrogen-bond acceptors (Lipinski definition) is 6. The number of amides is 1. The Morgan fingerprint density at radius 3 is 2.86 bits per heavy atom. The van der Waals surface area contributed by atoms with Crippen molar-refractivity contribution in [1.29, 1.82) is 0 Å². The molecular formula is C20H24N6O2. The number of carbonyl (C=O) groups excluding carboxylic acids is 1. The number of imidazole rings is 1. The summed E-state index contributed by atoms with van der Waals surface area (Å²) in [6.45, 7) is 4.89. The number of piperazine rings is 1. The number of fused-ring (bicyclic) bond motifs is 3. The van der Waals surface area contributed by atoms with E-state index in [9.17, 15) is 4.79 Å². The Morgan fingerprint density at radius 2 is 2.07 bits per heavy atom. The van der Waals surface area contributed by atoms with E-state index >= 15 is 0 Å². The van der Waals surface area contributed by atoms with Gasteiger partial charge in [0.2, 0.25) is 5.65 Å². The van der Waals surface area contributed by atoms with Crippen LogP contribution in [0.1, 0.15) is 23.2 Å². The number of aromatic nitrogens is 4. The van der Waals surface area contributed by atoms with Crippen molar-refractivity contribution in [2.45, 2.75) is 25.5 Å². The Bertz CT molecular complexity index is 1020. The molecule has 28 heavy (non-hydrogen) atoms. The summed E-state index contributed by atoms with van der Waals surface area (Å²) < 4.78 is 7.88. The molecule has 0 saturated carbocycles. The van der Waals surface area contributed by atoms with Gasteiger partial charge in [0.05, 0.1) is 30.0 Å². The summed E-state index contributed by atoms with van der Waals surface area (Å²) >= 11 is 0. The van der Waals surface area contributed by atoms with Gasteiger partial charge in [-0.15, -0.1) is 10.2 Å². The lowest BCUT2D eigenvalue weighted by molar-refractivity contribution is 0.0664. The fourth-order valence-corrected chi connectivity index (χ4v) is 4.11. The third-order valence-electron chi connectivity index (χ3n) is 5.78. The van der Waals surface area contributed by atoms with Crippen molar-refractivity contribution in [3.8, 4) is 0 Å². The molecule has 1 atom stereocenters. The Hall–Kier alpha value is -2.58. The zero-order valence-electron chi connectivity index (χ0n) is 16.0. The van der Waals surface area contributed by atoms with Crippen molar-refractivity contribution >= 4 is 28.0 Å². The van der Waals surface area contributed by atoms with E-state index in [1.165, 1.54) is 0 Å². The molecule has 8 heteroatoms. The first kappa shape index (κ1) is 17.5. The quantitative estimate of drug-likeness (QED) is 0.686. The second-order valence-corrected chi connectivity index (χ2v) is 7.73. The van der Waals surface area contributed by atoms with Crippen LogP contribution in [0.25, 0.3) is 22.1 Å². The van der Waals surface area contributed by atoms with E-state index in [0.717, 1.165) is 68.6 Å². The second-order valence-electron chi connectivity index (χ2n) is 7.73. The van der Waals surface area contributed by atoms with Crippen molar-refractivity contribution in [2.75, 3.05) is 39.8 Å². The van der Waals surface area contributed by atoms with Crippen molar-refractivity contribution in [2.24, 2.45) is 0 Å². The van der Waals surface area contributed by atoms with E-state index in [2.05, 4.69) is 31.7 Å². The molecule has 1 unspecified atom stereocenters. The highest BCUT2D eigenvalue weighted by molar-refractivity contribution is 6.05. The second kappa shape index (κ2) is 7.10. The molecule has 3 aromatic rings. The van der Waals surface area contributed by atoms with Gasteiger partial charge < -0.3 is 19.1 Å². The molecule has 0 radical (unpaired) electrons. The van der Waals surface area contributed by atoms with E-state index < -0.39 is 0 Å². The number of carbonyl (C=O) groups is 1. The Kier molecular flexibility index (Phi) is 4.44. The van der Waals surface area contributed by atoms with Crippen LogP contribution >= 0.6 is 0 Å². The number of ether oxygens (including phenoxy) is 1. The highest BCUT2D eigenvalue weighted by Gasteiger charge is 2.22. The van der Waals surface area contributed by atoms with Crippen LogP contribution in [-0.2, 0) is 11.3 Å². The summed E-state index contributed by atoms with van der Waals surface area (Å²) in [5.41, 5.74) is 3.00. The van der Waals surface area contributed by atoms with Gasteiger partial charge in [-0.25, -0.2) is 4.98 Å². The summed E-state index contributed by atoms with van der Waals surface area (Å²) in [6.07, 6.45) is 4.16. The lowest BCUT2D eigenvalue weighted by Gasteiger charge is -2.32. The van der Waals surface area contributed by atoms with Gasteiger partial charge in [-0.2, -0.15) is 0 Å². The molecule has 1 amide bonds. The number of benzene rings is 1. The third kappa shape index (κ3) is 3.12. The molecule has 1 aromatic carbocycles. The van der Waals surface area contributed by atoms with Crippen molar-refractivity contribution in [1.82, 2.24) is 29.5 Å². The average Bonchev–Trinajstić information content (AvgIpc) is 3.38. The lowest BCUT2D eigenvalue weighted by atomic mass is 10.1. The van der Waals surface area contributed by atoms with Gasteiger partial charge in [0.1, 0.15) is 0 Å². The molecule has 0 spiro atoms. The summed E-state index contributed by atoms with van der Waals surface area (Å²) in [4.78, 5) is 21.6. The highest BCUT2D eigenvalue weighted by atomic mass is 16.5. The minimum Gasteiger partial charge on any atom is -0.376 e. The van der Waals surface area contributed by atoms with Crippen LogP contribution in [-0.4, -0.2) is 81.4 Å². The number of rotatable bonds is 3. The SMILES string of the molecule is CN1CCN(C(=O)c2ccc3nnc4ncn(CC5CCCO5)c4c3c2)CC1. The molecule has 8 nitrogen and oxygen atoms in total. The zero-order chi connectivity index (χ0) is 19.1. The lowest BCUT2D eigenvalue weighted by Crippen LogP contribution is -2.47. The molecule has 5 rings (SSSR count). The molecule has 146 valence electrons. The number of likely N-dealkylation sites (N-methyl/N-ethyl adjacent to an activating group) is 1. The first-order valence-electron chi connectivity index (χ1n) is 9.90. The molecule has 0 N–H and O–H groups in total. The summed E-state index contributed by atoms with van der Waals surface area (Å²) in [6, 6.07) is 5.68. The maximum absolute atomic E-state index is 13.0. The third-order valence-corrected chi connectivity index (χ3v) is 5.78. The van der Waals surface area contributed by atoms with Crippen molar-refractivity contribution in [3.05, 3.63) is 30.1 Å². The van der Waals surface area contributed by atoms with E-state index in [0.29, 0.717) is 11.2 Å². The highest BCUT2D eigenvalue weighted by Crippen LogP contribution is 2.25. The predicted molar refractivity (Wildman–Crippen MR) is 105 cm³/mol. The zero-order valence-corrected chi connectivity index (χ0v) is 16.0. The maximum atomic E-state index is 13.0. The number of nitrogens with zero attached hydrogens (tertiary/aromatic N) is 6. The Balaban J connectivity index is 1.53. The van der Waals surface area contributed by atoms with Gasteiger partial charge >= 0.3 is 0 Å². The average molecular weight is 380 g/mol. The van der Waals surface area contributed by atoms with Crippen LogP contribution in [0.4, 0.5) is 0 Å². The van der Waals surface area contributed by atoms with Crippen LogP contribution in [0.3, 0.4) is 0 Å². The van der Waals surface area contributed by atoms with Gasteiger partial charge in [-0.3, -0.25) is 4.79 Å². The Labute approximate surface area is 163 Å². The minimum absolute atomic E-state index is 0.0742. The van der Waals surface area contributed by atoms with Crippen LogP contribution < -0.4 is 0 Å². The molecule has 2 aliphatic heterocycles. The summed E-state index contributed by atoms with van der Waals surface area (Å²) in [7, 11) is 2.09. The fraction of sp³-hybridized carbons (Fsp3) is 0.500. The predicted octanol–water partition coefficient (Wildman–Crippen LogP) is 1.55. The molecule has 0 aliphatic carbocycles. The Morgan fingerprint density at radius 1 is 1.21 bits per heavy atom.